The van der Waals surface area contributed by atoms with E-state index in [1.165, 1.54) is 0 Å². The van der Waals surface area contributed by atoms with Crippen LogP contribution in [0.4, 0.5) is 4.79 Å². The van der Waals surface area contributed by atoms with Crippen LogP contribution < -0.4 is 10.6 Å². The van der Waals surface area contributed by atoms with Crippen molar-refractivity contribution in [1.82, 2.24) is 10.6 Å². The van der Waals surface area contributed by atoms with Crippen LogP contribution in [0.15, 0.2) is 47.4 Å². The number of thioether (sulfide) groups is 1. The highest BCUT2D eigenvalue weighted by atomic mass is 32.2. The van der Waals surface area contributed by atoms with Crippen LogP contribution >= 0.6 is 11.8 Å². The maximum absolute atomic E-state index is 11.9. The summed E-state index contributed by atoms with van der Waals surface area (Å²) >= 11 is 1.59. The smallest absolute Gasteiger partial charge is 0.407 e. The number of carbonyl (C=O) groups is 2. The highest BCUT2D eigenvalue weighted by Gasteiger charge is 2.24. The molecule has 2 rings (SSSR count). The summed E-state index contributed by atoms with van der Waals surface area (Å²) in [6.07, 6.45) is -0.907. The zero-order valence-electron chi connectivity index (χ0n) is 14.7. The number of benzene rings is 1. The molecule has 2 N–H and O–H groups in total. The average molecular weight is 380 g/mol. The fourth-order valence-corrected chi connectivity index (χ4v) is 2.72. The molecule has 2 unspecified atom stereocenters. The Kier molecular flexibility index (Phi) is 8.46. The number of alkyl carbamates (subject to hydrolysis) is 1. The summed E-state index contributed by atoms with van der Waals surface area (Å²) in [7, 11) is 0. The van der Waals surface area contributed by atoms with E-state index >= 15 is 0 Å². The maximum Gasteiger partial charge on any atom is 0.407 e. The van der Waals surface area contributed by atoms with E-state index in [1.807, 2.05) is 30.3 Å². The van der Waals surface area contributed by atoms with Crippen LogP contribution in [0.2, 0.25) is 0 Å². The summed E-state index contributed by atoms with van der Waals surface area (Å²) < 4.78 is 15.9. The molecular formula is C18H24N2O5S. The normalized spacial score (nSPS) is 16.4. The quantitative estimate of drug-likeness (QED) is 0.199. The van der Waals surface area contributed by atoms with Crippen molar-refractivity contribution in [2.45, 2.75) is 24.2 Å². The molecule has 1 aliphatic heterocycles. The first-order valence-electron chi connectivity index (χ1n) is 8.34. The highest BCUT2D eigenvalue weighted by Crippen LogP contribution is 2.19. The molecule has 1 fully saturated rings. The Morgan fingerprint density at radius 3 is 2.77 bits per heavy atom. The van der Waals surface area contributed by atoms with Crippen LogP contribution in [-0.2, 0) is 19.0 Å². The first kappa shape index (κ1) is 20.3. The van der Waals surface area contributed by atoms with Crippen LogP contribution in [-0.4, -0.2) is 56.5 Å². The molecule has 1 amide bonds. The topological polar surface area (TPSA) is 95.8 Å². The Morgan fingerprint density at radius 1 is 1.38 bits per heavy atom. The largest absolute Gasteiger partial charge is 0.460 e. The van der Waals surface area contributed by atoms with E-state index in [-0.39, 0.29) is 25.5 Å². The molecule has 1 aliphatic rings. The van der Waals surface area contributed by atoms with Gasteiger partial charge in [0.05, 0.1) is 13.2 Å². The van der Waals surface area contributed by atoms with Gasteiger partial charge in [-0.1, -0.05) is 24.8 Å². The van der Waals surface area contributed by atoms with Gasteiger partial charge in [-0.05, 0) is 19.1 Å². The van der Waals surface area contributed by atoms with Crippen LogP contribution in [0.3, 0.4) is 0 Å². The predicted molar refractivity (Wildman–Crippen MR) is 99.0 cm³/mol. The predicted octanol–water partition coefficient (Wildman–Crippen LogP) is 1.94. The van der Waals surface area contributed by atoms with Crippen molar-refractivity contribution >= 4 is 23.8 Å². The lowest BCUT2D eigenvalue weighted by molar-refractivity contribution is -0.138. The monoisotopic (exact) mass is 380 g/mol. The van der Waals surface area contributed by atoms with Gasteiger partial charge < -0.3 is 19.5 Å². The van der Waals surface area contributed by atoms with E-state index in [0.717, 1.165) is 11.4 Å². The van der Waals surface area contributed by atoms with Crippen molar-refractivity contribution in [3.05, 3.63) is 42.5 Å². The van der Waals surface area contributed by atoms with Crippen LogP contribution in [0.5, 0.6) is 0 Å². The second-order valence-corrected chi connectivity index (χ2v) is 6.82. The van der Waals surface area contributed by atoms with Crippen molar-refractivity contribution in [3.8, 4) is 0 Å². The van der Waals surface area contributed by atoms with E-state index in [9.17, 15) is 9.59 Å². The lowest BCUT2D eigenvalue weighted by Gasteiger charge is -2.18. The van der Waals surface area contributed by atoms with Crippen molar-refractivity contribution in [1.29, 1.82) is 0 Å². The minimum atomic E-state index is -0.567. The maximum atomic E-state index is 11.9. The van der Waals surface area contributed by atoms with Crippen molar-refractivity contribution in [2.75, 3.05) is 32.1 Å². The highest BCUT2D eigenvalue weighted by molar-refractivity contribution is 7.99. The van der Waals surface area contributed by atoms with Gasteiger partial charge in [0.1, 0.15) is 18.9 Å². The van der Waals surface area contributed by atoms with Gasteiger partial charge in [0, 0.05) is 22.8 Å². The Balaban J connectivity index is 1.70. The lowest BCUT2D eigenvalue weighted by Crippen LogP contribution is -2.35. The Labute approximate surface area is 157 Å². The number of hydrogen-bond acceptors (Lipinski definition) is 7. The second kappa shape index (κ2) is 10.8. The third-order valence-corrected chi connectivity index (χ3v) is 4.40. The summed E-state index contributed by atoms with van der Waals surface area (Å²) in [5.41, 5.74) is 0.316. The zero-order valence-corrected chi connectivity index (χ0v) is 15.6. The van der Waals surface area contributed by atoms with Gasteiger partial charge in [0.25, 0.3) is 0 Å². The van der Waals surface area contributed by atoms with Gasteiger partial charge in [-0.2, -0.15) is 0 Å². The van der Waals surface area contributed by atoms with Crippen LogP contribution in [0, 0.1) is 0 Å². The number of esters is 1. The summed E-state index contributed by atoms with van der Waals surface area (Å²) in [5, 5.41) is 5.60. The Morgan fingerprint density at radius 2 is 2.12 bits per heavy atom. The molecule has 26 heavy (non-hydrogen) atoms. The van der Waals surface area contributed by atoms with Crippen LogP contribution in [0.25, 0.3) is 0 Å². The van der Waals surface area contributed by atoms with E-state index in [1.54, 1.807) is 18.7 Å². The van der Waals surface area contributed by atoms with Gasteiger partial charge in [-0.25, -0.2) is 9.59 Å². The fraction of sp³-hybridized carbons (Fsp3) is 0.444. The number of amides is 1. The van der Waals surface area contributed by atoms with E-state index in [2.05, 4.69) is 17.2 Å². The van der Waals surface area contributed by atoms with Gasteiger partial charge in [0.15, 0.2) is 0 Å². The first-order chi connectivity index (χ1) is 12.5. The molecule has 8 heteroatoms. The molecule has 0 spiro atoms. The number of hydrogen-bond donors (Lipinski definition) is 2. The van der Waals surface area contributed by atoms with Crippen molar-refractivity contribution < 1.29 is 23.8 Å². The molecule has 1 heterocycles. The van der Waals surface area contributed by atoms with E-state index in [0.29, 0.717) is 17.9 Å². The standard InChI is InChI=1S/C18H24N2O5S/c1-13(2)17(21)23-9-8-19-18(22)25-14(11-24-16-10-20-16)12-26-15-6-4-3-5-7-15/h3-7,14,16,20H,1,8-12H2,2H3,(H,19,22). The van der Waals surface area contributed by atoms with E-state index in [4.69, 9.17) is 14.2 Å². The summed E-state index contributed by atoms with van der Waals surface area (Å²) in [6.45, 7) is 6.41. The lowest BCUT2D eigenvalue weighted by atomic mass is 10.4. The fourth-order valence-electron chi connectivity index (χ4n) is 1.82. The van der Waals surface area contributed by atoms with Gasteiger partial charge in [0.2, 0.25) is 0 Å². The summed E-state index contributed by atoms with van der Waals surface area (Å²) in [5.74, 6) is 0.0945. The van der Waals surface area contributed by atoms with E-state index < -0.39 is 12.1 Å². The van der Waals surface area contributed by atoms with Gasteiger partial charge in [-0.15, -0.1) is 11.8 Å². The van der Waals surface area contributed by atoms with Crippen molar-refractivity contribution in [3.63, 3.8) is 0 Å². The third kappa shape index (κ3) is 8.37. The number of rotatable bonds is 11. The van der Waals surface area contributed by atoms with Gasteiger partial charge in [-0.3, -0.25) is 5.32 Å². The second-order valence-electron chi connectivity index (χ2n) is 5.72. The minimum absolute atomic E-state index is 0.0486. The molecule has 0 radical (unpaired) electrons. The Bertz CT molecular complexity index is 607. The van der Waals surface area contributed by atoms with Crippen LogP contribution in [0.1, 0.15) is 6.92 Å². The third-order valence-electron chi connectivity index (χ3n) is 3.26. The number of ether oxygens (including phenoxy) is 3. The molecule has 1 saturated heterocycles. The van der Waals surface area contributed by atoms with Gasteiger partial charge >= 0.3 is 12.1 Å². The number of nitrogens with one attached hydrogen (secondary N) is 2. The number of carbonyl (C=O) groups excluding carboxylic acids is 2. The summed E-state index contributed by atoms with van der Waals surface area (Å²) in [6, 6.07) is 9.87. The zero-order chi connectivity index (χ0) is 18.8. The first-order valence-corrected chi connectivity index (χ1v) is 9.33. The molecule has 1 aromatic rings. The van der Waals surface area contributed by atoms with Crippen molar-refractivity contribution in [2.24, 2.45) is 0 Å². The minimum Gasteiger partial charge on any atom is -0.460 e. The summed E-state index contributed by atoms with van der Waals surface area (Å²) in [4.78, 5) is 24.3. The molecule has 142 valence electrons. The molecule has 2 atom stereocenters. The molecule has 1 aromatic carbocycles. The Hall–Kier alpha value is -2.03. The average Bonchev–Trinajstić information content (AvgIpc) is 3.46. The molecule has 7 nitrogen and oxygen atoms in total. The molecule has 0 aromatic heterocycles. The molecular weight excluding hydrogens is 356 g/mol. The molecule has 0 saturated carbocycles. The SMILES string of the molecule is C=C(C)C(=O)OCCNC(=O)OC(COC1CN1)CSc1ccccc1. The molecule has 0 bridgehead atoms. The molecule has 0 aliphatic carbocycles.